The Hall–Kier alpha value is -1.65. The molecule has 0 aliphatic carbocycles. The standard InChI is InChI=1S/C11H11F3O2/c1-2-3-7-15-9-5-4-6-10(8-9)16-11(12,13)14/h2,4-6,8H,1,3,7H2. The van der Waals surface area contributed by atoms with Gasteiger partial charge in [0.1, 0.15) is 11.5 Å². The summed E-state index contributed by atoms with van der Waals surface area (Å²) in [6.45, 7) is 3.88. The molecule has 0 spiro atoms. The fourth-order valence-electron chi connectivity index (χ4n) is 1.02. The fraction of sp³-hybridized carbons (Fsp3) is 0.273. The SMILES string of the molecule is C=CCCOc1cccc(OC(F)(F)F)c1. The summed E-state index contributed by atoms with van der Waals surface area (Å²) in [6.07, 6.45) is -2.39. The van der Waals surface area contributed by atoms with Gasteiger partial charge >= 0.3 is 6.36 Å². The second kappa shape index (κ2) is 5.44. The zero-order chi connectivity index (χ0) is 12.0. The van der Waals surface area contributed by atoms with Crippen molar-refractivity contribution < 1.29 is 22.6 Å². The molecule has 5 heteroatoms. The molecule has 1 aromatic carbocycles. The van der Waals surface area contributed by atoms with Crippen LogP contribution in [0.3, 0.4) is 0 Å². The molecule has 0 aliphatic rings. The lowest BCUT2D eigenvalue weighted by molar-refractivity contribution is -0.274. The number of halogens is 3. The van der Waals surface area contributed by atoms with Crippen LogP contribution in [0.5, 0.6) is 11.5 Å². The molecule has 0 aromatic heterocycles. The average Bonchev–Trinajstić information content (AvgIpc) is 2.16. The van der Waals surface area contributed by atoms with Crippen molar-refractivity contribution in [2.24, 2.45) is 0 Å². The van der Waals surface area contributed by atoms with Crippen LogP contribution in [0.15, 0.2) is 36.9 Å². The molecule has 0 atom stereocenters. The van der Waals surface area contributed by atoms with Crippen molar-refractivity contribution in [2.45, 2.75) is 12.8 Å². The summed E-state index contributed by atoms with van der Waals surface area (Å²) in [5.41, 5.74) is 0. The Morgan fingerprint density at radius 3 is 2.56 bits per heavy atom. The van der Waals surface area contributed by atoms with E-state index in [0.29, 0.717) is 18.8 Å². The number of hydrogen-bond donors (Lipinski definition) is 0. The number of alkyl halides is 3. The normalized spacial score (nSPS) is 10.9. The molecule has 0 aliphatic heterocycles. The van der Waals surface area contributed by atoms with E-state index in [1.54, 1.807) is 12.1 Å². The van der Waals surface area contributed by atoms with Crippen molar-refractivity contribution in [2.75, 3.05) is 6.61 Å². The topological polar surface area (TPSA) is 18.5 Å². The molecule has 0 saturated carbocycles. The first-order valence-electron chi connectivity index (χ1n) is 4.61. The highest BCUT2D eigenvalue weighted by Gasteiger charge is 2.31. The van der Waals surface area contributed by atoms with Gasteiger partial charge in [-0.2, -0.15) is 0 Å². The maximum absolute atomic E-state index is 11.9. The van der Waals surface area contributed by atoms with Crippen LogP contribution in [0.2, 0.25) is 0 Å². The lowest BCUT2D eigenvalue weighted by atomic mass is 10.3. The van der Waals surface area contributed by atoms with Crippen molar-refractivity contribution in [1.82, 2.24) is 0 Å². The first kappa shape index (κ1) is 12.4. The molecule has 2 nitrogen and oxygen atoms in total. The molecule has 0 unspecified atom stereocenters. The third-order valence-electron chi connectivity index (χ3n) is 1.63. The minimum Gasteiger partial charge on any atom is -0.493 e. The second-order valence-corrected chi connectivity index (χ2v) is 2.95. The largest absolute Gasteiger partial charge is 0.573 e. The molecule has 0 bridgehead atoms. The van der Waals surface area contributed by atoms with Crippen molar-refractivity contribution in [3.8, 4) is 11.5 Å². The predicted molar refractivity (Wildman–Crippen MR) is 53.4 cm³/mol. The highest BCUT2D eigenvalue weighted by atomic mass is 19.4. The smallest absolute Gasteiger partial charge is 0.493 e. The molecular weight excluding hydrogens is 221 g/mol. The van der Waals surface area contributed by atoms with Gasteiger partial charge in [0.2, 0.25) is 0 Å². The molecule has 0 heterocycles. The van der Waals surface area contributed by atoms with Crippen LogP contribution in [-0.4, -0.2) is 13.0 Å². The van der Waals surface area contributed by atoms with E-state index in [9.17, 15) is 13.2 Å². The molecule has 0 N–H and O–H groups in total. The van der Waals surface area contributed by atoms with Gasteiger partial charge in [0.05, 0.1) is 6.61 Å². The quantitative estimate of drug-likeness (QED) is 0.571. The summed E-state index contributed by atoms with van der Waals surface area (Å²) < 4.78 is 44.6. The maximum atomic E-state index is 11.9. The summed E-state index contributed by atoms with van der Waals surface area (Å²) in [6, 6.07) is 5.40. The van der Waals surface area contributed by atoms with E-state index in [-0.39, 0.29) is 5.75 Å². The Kier molecular flexibility index (Phi) is 4.22. The van der Waals surface area contributed by atoms with Gasteiger partial charge < -0.3 is 9.47 Å². The van der Waals surface area contributed by atoms with Crippen molar-refractivity contribution in [1.29, 1.82) is 0 Å². The van der Waals surface area contributed by atoms with Crippen molar-refractivity contribution in [3.05, 3.63) is 36.9 Å². The van der Waals surface area contributed by atoms with Gasteiger partial charge in [0.15, 0.2) is 0 Å². The molecule has 16 heavy (non-hydrogen) atoms. The first-order chi connectivity index (χ1) is 7.51. The Morgan fingerprint density at radius 1 is 1.25 bits per heavy atom. The molecule has 0 fully saturated rings. The van der Waals surface area contributed by atoms with E-state index in [4.69, 9.17) is 4.74 Å². The molecule has 0 amide bonds. The van der Waals surface area contributed by atoms with E-state index >= 15 is 0 Å². The summed E-state index contributed by atoms with van der Waals surface area (Å²) in [5, 5.41) is 0. The second-order valence-electron chi connectivity index (χ2n) is 2.95. The maximum Gasteiger partial charge on any atom is 0.573 e. The number of hydrogen-bond acceptors (Lipinski definition) is 2. The minimum atomic E-state index is -4.68. The predicted octanol–water partition coefficient (Wildman–Crippen LogP) is 3.54. The number of benzene rings is 1. The Bertz CT molecular complexity index is 347. The third kappa shape index (κ3) is 4.72. The molecule has 88 valence electrons. The monoisotopic (exact) mass is 232 g/mol. The van der Waals surface area contributed by atoms with E-state index < -0.39 is 6.36 Å². The summed E-state index contributed by atoms with van der Waals surface area (Å²) in [5.74, 6) is 0.0483. The Balaban J connectivity index is 2.60. The van der Waals surface area contributed by atoms with Gasteiger partial charge in [-0.25, -0.2) is 0 Å². The van der Waals surface area contributed by atoms with Gasteiger partial charge in [-0.1, -0.05) is 12.1 Å². The van der Waals surface area contributed by atoms with E-state index in [2.05, 4.69) is 11.3 Å². The Labute approximate surface area is 91.3 Å². The van der Waals surface area contributed by atoms with E-state index in [1.165, 1.54) is 18.2 Å². The molecule has 1 aromatic rings. The van der Waals surface area contributed by atoms with E-state index in [0.717, 1.165) is 0 Å². The lowest BCUT2D eigenvalue weighted by Gasteiger charge is -2.10. The highest BCUT2D eigenvalue weighted by Crippen LogP contribution is 2.25. The minimum absolute atomic E-state index is 0.288. The fourth-order valence-corrected chi connectivity index (χ4v) is 1.02. The van der Waals surface area contributed by atoms with Crippen LogP contribution in [-0.2, 0) is 0 Å². The third-order valence-corrected chi connectivity index (χ3v) is 1.63. The number of rotatable bonds is 5. The van der Waals surface area contributed by atoms with Crippen LogP contribution < -0.4 is 9.47 Å². The average molecular weight is 232 g/mol. The molecular formula is C11H11F3O2. The van der Waals surface area contributed by atoms with Crippen LogP contribution in [0.4, 0.5) is 13.2 Å². The van der Waals surface area contributed by atoms with Gasteiger partial charge in [0, 0.05) is 6.07 Å². The summed E-state index contributed by atoms with van der Waals surface area (Å²) in [7, 11) is 0. The molecule has 1 rings (SSSR count). The van der Waals surface area contributed by atoms with Crippen LogP contribution in [0.1, 0.15) is 6.42 Å². The van der Waals surface area contributed by atoms with Gasteiger partial charge in [-0.05, 0) is 18.6 Å². The lowest BCUT2D eigenvalue weighted by Crippen LogP contribution is -2.17. The number of ether oxygens (including phenoxy) is 2. The zero-order valence-electron chi connectivity index (χ0n) is 8.46. The van der Waals surface area contributed by atoms with Crippen LogP contribution >= 0.6 is 0 Å². The highest BCUT2D eigenvalue weighted by molar-refractivity contribution is 5.33. The first-order valence-corrected chi connectivity index (χ1v) is 4.61. The summed E-state index contributed by atoms with van der Waals surface area (Å²) >= 11 is 0. The van der Waals surface area contributed by atoms with Crippen molar-refractivity contribution >= 4 is 0 Å². The van der Waals surface area contributed by atoms with Gasteiger partial charge in [0.25, 0.3) is 0 Å². The zero-order valence-corrected chi connectivity index (χ0v) is 8.46. The van der Waals surface area contributed by atoms with Gasteiger partial charge in [-0.3, -0.25) is 0 Å². The van der Waals surface area contributed by atoms with Gasteiger partial charge in [-0.15, -0.1) is 19.8 Å². The summed E-state index contributed by atoms with van der Waals surface area (Å²) in [4.78, 5) is 0. The van der Waals surface area contributed by atoms with Crippen LogP contribution in [0, 0.1) is 0 Å². The molecule has 0 radical (unpaired) electrons. The Morgan fingerprint density at radius 2 is 1.94 bits per heavy atom. The van der Waals surface area contributed by atoms with Crippen LogP contribution in [0.25, 0.3) is 0 Å². The molecule has 0 saturated heterocycles. The van der Waals surface area contributed by atoms with Crippen molar-refractivity contribution in [3.63, 3.8) is 0 Å². The van der Waals surface area contributed by atoms with E-state index in [1.807, 2.05) is 0 Å².